The van der Waals surface area contributed by atoms with Crippen LogP contribution >= 0.6 is 11.6 Å². The summed E-state index contributed by atoms with van der Waals surface area (Å²) in [5, 5.41) is 8.13. The molecule has 1 saturated heterocycles. The van der Waals surface area contributed by atoms with Crippen LogP contribution in [0.25, 0.3) is 5.82 Å². The van der Waals surface area contributed by atoms with Crippen LogP contribution in [0.4, 0.5) is 11.5 Å². The predicted octanol–water partition coefficient (Wildman–Crippen LogP) is 3.79. The van der Waals surface area contributed by atoms with Gasteiger partial charge >= 0.3 is 0 Å². The molecule has 0 aliphatic carbocycles. The molecule has 29 heavy (non-hydrogen) atoms. The van der Waals surface area contributed by atoms with Crippen molar-refractivity contribution in [2.24, 2.45) is 5.92 Å². The summed E-state index contributed by atoms with van der Waals surface area (Å²) >= 11 is 5.91. The molecule has 8 heteroatoms. The van der Waals surface area contributed by atoms with Crippen LogP contribution < -0.4 is 10.2 Å². The topological polar surface area (TPSA) is 75.9 Å². The molecule has 3 aromatic rings. The zero-order valence-corrected chi connectivity index (χ0v) is 17.2. The van der Waals surface area contributed by atoms with E-state index < -0.39 is 0 Å². The summed E-state index contributed by atoms with van der Waals surface area (Å²) in [5.41, 5.74) is 2.72. The van der Waals surface area contributed by atoms with E-state index in [1.54, 1.807) is 18.5 Å². The molecule has 1 aliphatic heterocycles. The molecular formula is C21H23ClN6O. The number of nitrogens with one attached hydrogen (secondary N) is 1. The minimum Gasteiger partial charge on any atom is -0.356 e. The molecule has 3 heterocycles. The molecule has 0 saturated carbocycles. The fourth-order valence-electron chi connectivity index (χ4n) is 3.66. The molecule has 7 nitrogen and oxygen atoms in total. The van der Waals surface area contributed by atoms with E-state index in [1.807, 2.05) is 42.8 Å². The van der Waals surface area contributed by atoms with Crippen LogP contribution in [0.2, 0.25) is 5.02 Å². The van der Waals surface area contributed by atoms with Crippen LogP contribution in [0.5, 0.6) is 0 Å². The number of anilines is 2. The van der Waals surface area contributed by atoms with Gasteiger partial charge in [-0.1, -0.05) is 11.6 Å². The third-order valence-electron chi connectivity index (χ3n) is 5.09. The molecule has 0 spiro atoms. The summed E-state index contributed by atoms with van der Waals surface area (Å²) < 4.78 is 1.81. The van der Waals surface area contributed by atoms with Gasteiger partial charge < -0.3 is 10.2 Å². The van der Waals surface area contributed by atoms with Crippen molar-refractivity contribution in [3.63, 3.8) is 0 Å². The quantitative estimate of drug-likeness (QED) is 0.708. The number of amides is 1. The maximum atomic E-state index is 12.7. The summed E-state index contributed by atoms with van der Waals surface area (Å²) in [5.74, 6) is 1.45. The molecule has 0 radical (unpaired) electrons. The van der Waals surface area contributed by atoms with Crippen LogP contribution in [0.15, 0.2) is 42.7 Å². The summed E-state index contributed by atoms with van der Waals surface area (Å²) in [7, 11) is 0. The lowest BCUT2D eigenvalue weighted by molar-refractivity contribution is -0.120. The van der Waals surface area contributed by atoms with Gasteiger partial charge in [0.25, 0.3) is 0 Å². The highest BCUT2D eigenvalue weighted by atomic mass is 35.5. The Morgan fingerprint density at radius 1 is 1.14 bits per heavy atom. The highest BCUT2D eigenvalue weighted by molar-refractivity contribution is 6.30. The number of aryl methyl sites for hydroxylation is 2. The number of piperidine rings is 1. The second kappa shape index (κ2) is 8.21. The SMILES string of the molecule is Cc1cc(C)n(-c2cc(N3CCCC(C(=O)Nc4ccc(Cl)cc4)C3)ncn2)n1. The average molecular weight is 411 g/mol. The lowest BCUT2D eigenvalue weighted by Crippen LogP contribution is -2.41. The Kier molecular flexibility index (Phi) is 5.49. The van der Waals surface area contributed by atoms with Crippen molar-refractivity contribution >= 4 is 29.0 Å². The Morgan fingerprint density at radius 2 is 1.90 bits per heavy atom. The van der Waals surface area contributed by atoms with Gasteiger partial charge in [-0.2, -0.15) is 5.10 Å². The van der Waals surface area contributed by atoms with Crippen molar-refractivity contribution in [1.82, 2.24) is 19.7 Å². The molecule has 1 N–H and O–H groups in total. The molecular weight excluding hydrogens is 388 g/mol. The first-order chi connectivity index (χ1) is 14.0. The van der Waals surface area contributed by atoms with E-state index in [0.717, 1.165) is 48.1 Å². The molecule has 0 bridgehead atoms. The van der Waals surface area contributed by atoms with Gasteiger partial charge in [-0.25, -0.2) is 14.6 Å². The monoisotopic (exact) mass is 410 g/mol. The molecule has 1 atom stereocenters. The van der Waals surface area contributed by atoms with Crippen molar-refractivity contribution in [2.45, 2.75) is 26.7 Å². The second-order valence-electron chi connectivity index (χ2n) is 7.35. The van der Waals surface area contributed by atoms with Crippen molar-refractivity contribution in [2.75, 3.05) is 23.3 Å². The molecule has 1 aromatic carbocycles. The standard InChI is InChI=1S/C21H23ClN6O/c1-14-10-15(2)28(26-14)20-11-19(23-13-24-20)27-9-3-4-16(12-27)21(29)25-18-7-5-17(22)6-8-18/h5-8,10-11,13,16H,3-4,9,12H2,1-2H3,(H,25,29). The van der Waals surface area contributed by atoms with Gasteiger partial charge in [0.05, 0.1) is 11.6 Å². The van der Waals surface area contributed by atoms with Gasteiger partial charge in [0.1, 0.15) is 12.1 Å². The molecule has 4 rings (SSSR count). The first kappa shape index (κ1) is 19.4. The molecule has 1 unspecified atom stereocenters. The zero-order valence-electron chi connectivity index (χ0n) is 16.5. The number of hydrogen-bond acceptors (Lipinski definition) is 5. The lowest BCUT2D eigenvalue weighted by atomic mass is 9.97. The largest absolute Gasteiger partial charge is 0.356 e. The summed E-state index contributed by atoms with van der Waals surface area (Å²) in [6.07, 6.45) is 3.34. The minimum absolute atomic E-state index is 0.0184. The number of rotatable bonds is 4. The maximum Gasteiger partial charge on any atom is 0.229 e. The normalized spacial score (nSPS) is 16.7. The number of hydrogen-bond donors (Lipinski definition) is 1. The fraction of sp³-hybridized carbons (Fsp3) is 0.333. The van der Waals surface area contributed by atoms with Crippen LogP contribution in [0, 0.1) is 19.8 Å². The van der Waals surface area contributed by atoms with E-state index in [1.165, 1.54) is 0 Å². The fourth-order valence-corrected chi connectivity index (χ4v) is 3.79. The Morgan fingerprint density at radius 3 is 2.62 bits per heavy atom. The van der Waals surface area contributed by atoms with Crippen LogP contribution in [-0.2, 0) is 4.79 Å². The first-order valence-corrected chi connectivity index (χ1v) is 10.0. The Balaban J connectivity index is 1.48. The molecule has 1 fully saturated rings. The van der Waals surface area contributed by atoms with Gasteiger partial charge in [-0.05, 0) is 57.0 Å². The van der Waals surface area contributed by atoms with Crippen molar-refractivity contribution in [3.8, 4) is 5.82 Å². The summed E-state index contributed by atoms with van der Waals surface area (Å²) in [4.78, 5) is 23.7. The van der Waals surface area contributed by atoms with Crippen molar-refractivity contribution in [3.05, 3.63) is 59.1 Å². The van der Waals surface area contributed by atoms with Gasteiger partial charge in [0, 0.05) is 35.6 Å². The number of carbonyl (C=O) groups excluding carboxylic acids is 1. The third kappa shape index (κ3) is 4.40. The summed E-state index contributed by atoms with van der Waals surface area (Å²) in [6, 6.07) is 11.1. The van der Waals surface area contributed by atoms with E-state index in [2.05, 4.69) is 25.3 Å². The Hall–Kier alpha value is -2.93. The summed E-state index contributed by atoms with van der Waals surface area (Å²) in [6.45, 7) is 5.44. The van der Waals surface area contributed by atoms with Crippen LogP contribution in [0.3, 0.4) is 0 Å². The third-order valence-corrected chi connectivity index (χ3v) is 5.34. The van der Waals surface area contributed by atoms with E-state index in [0.29, 0.717) is 11.6 Å². The highest BCUT2D eigenvalue weighted by Gasteiger charge is 2.27. The van der Waals surface area contributed by atoms with E-state index in [4.69, 9.17) is 11.6 Å². The molecule has 1 aliphatic rings. The minimum atomic E-state index is -0.105. The maximum absolute atomic E-state index is 12.7. The van der Waals surface area contributed by atoms with Gasteiger partial charge in [0.15, 0.2) is 5.82 Å². The number of aromatic nitrogens is 4. The second-order valence-corrected chi connectivity index (χ2v) is 7.79. The van der Waals surface area contributed by atoms with Crippen molar-refractivity contribution in [1.29, 1.82) is 0 Å². The van der Waals surface area contributed by atoms with Crippen LogP contribution in [0.1, 0.15) is 24.2 Å². The highest BCUT2D eigenvalue weighted by Crippen LogP contribution is 2.24. The first-order valence-electron chi connectivity index (χ1n) is 9.66. The van der Waals surface area contributed by atoms with Gasteiger partial charge in [0.2, 0.25) is 5.91 Å². The smallest absolute Gasteiger partial charge is 0.229 e. The zero-order chi connectivity index (χ0) is 20.4. The average Bonchev–Trinajstić information content (AvgIpc) is 3.08. The number of nitrogens with zero attached hydrogens (tertiary/aromatic N) is 5. The van der Waals surface area contributed by atoms with E-state index in [-0.39, 0.29) is 11.8 Å². The lowest BCUT2D eigenvalue weighted by Gasteiger charge is -2.32. The predicted molar refractivity (Wildman–Crippen MR) is 114 cm³/mol. The van der Waals surface area contributed by atoms with Crippen molar-refractivity contribution < 1.29 is 4.79 Å². The number of carbonyl (C=O) groups is 1. The van der Waals surface area contributed by atoms with Gasteiger partial charge in [-0.3, -0.25) is 4.79 Å². The number of halogens is 1. The van der Waals surface area contributed by atoms with E-state index in [9.17, 15) is 4.79 Å². The van der Waals surface area contributed by atoms with E-state index >= 15 is 0 Å². The van der Waals surface area contributed by atoms with Crippen LogP contribution in [-0.4, -0.2) is 38.7 Å². The van der Waals surface area contributed by atoms with Gasteiger partial charge in [-0.15, -0.1) is 0 Å². The molecule has 150 valence electrons. The number of benzene rings is 1. The Labute approximate surface area is 174 Å². The molecule has 2 aromatic heterocycles. The molecule has 1 amide bonds. The Bertz CT molecular complexity index is 1020.